The number of alkyl carbamates (subject to hydrolysis) is 1. The smallest absolute Gasteiger partial charge is 0.407 e. The van der Waals surface area contributed by atoms with E-state index in [0.29, 0.717) is 25.9 Å². The quantitative estimate of drug-likeness (QED) is 0.490. The molecule has 2 aromatic carbocycles. The van der Waals surface area contributed by atoms with Gasteiger partial charge in [0.05, 0.1) is 5.92 Å². The normalized spacial score (nSPS) is 19.8. The molecule has 0 bridgehead atoms. The zero-order valence-corrected chi connectivity index (χ0v) is 20.2. The molecule has 1 fully saturated rings. The number of amides is 2. The summed E-state index contributed by atoms with van der Waals surface area (Å²) < 4.78 is 5.54. The van der Waals surface area contributed by atoms with Crippen molar-refractivity contribution in [3.05, 3.63) is 59.7 Å². The van der Waals surface area contributed by atoms with E-state index in [0.717, 1.165) is 19.3 Å². The van der Waals surface area contributed by atoms with Gasteiger partial charge in [-0.25, -0.2) is 4.79 Å². The number of hydrogen-bond acceptors (Lipinski definition) is 4. The highest BCUT2D eigenvalue weighted by Crippen LogP contribution is 2.44. The molecule has 4 rings (SSSR count). The third kappa shape index (κ3) is 6.02. The summed E-state index contributed by atoms with van der Waals surface area (Å²) in [5.74, 6) is -1.16. The van der Waals surface area contributed by atoms with Crippen molar-refractivity contribution in [2.75, 3.05) is 19.7 Å². The fraction of sp³-hybridized carbons (Fsp3) is 0.464. The lowest BCUT2D eigenvalue weighted by atomic mass is 9.81. The average Bonchev–Trinajstić information content (AvgIpc) is 3.19. The maximum absolute atomic E-state index is 12.4. The van der Waals surface area contributed by atoms with Crippen molar-refractivity contribution in [1.29, 1.82) is 0 Å². The molecule has 0 saturated heterocycles. The Bertz CT molecular complexity index is 1020. The van der Waals surface area contributed by atoms with Gasteiger partial charge in [0.2, 0.25) is 5.91 Å². The van der Waals surface area contributed by atoms with E-state index in [1.807, 2.05) is 31.2 Å². The molecule has 35 heavy (non-hydrogen) atoms. The summed E-state index contributed by atoms with van der Waals surface area (Å²) in [6.07, 6.45) is 3.18. The molecular formula is C28H34N2O5. The number of carboxylic acid groups (broad SMARTS) is 1. The Morgan fingerprint density at radius 1 is 1.00 bits per heavy atom. The molecule has 2 aliphatic carbocycles. The second kappa shape index (κ2) is 11.4. The van der Waals surface area contributed by atoms with Crippen molar-refractivity contribution in [2.24, 2.45) is 17.8 Å². The number of rotatable bonds is 9. The summed E-state index contributed by atoms with van der Waals surface area (Å²) in [7, 11) is 0. The van der Waals surface area contributed by atoms with Crippen LogP contribution < -0.4 is 10.6 Å². The van der Waals surface area contributed by atoms with E-state index in [4.69, 9.17) is 4.74 Å². The van der Waals surface area contributed by atoms with Crippen molar-refractivity contribution in [1.82, 2.24) is 10.6 Å². The number of ether oxygens (including phenoxy) is 1. The Hall–Kier alpha value is -3.35. The molecule has 0 aliphatic heterocycles. The SMILES string of the molecule is CC(CCNC(=O)OCC1c2ccccc2-c2ccccc21)C(=O)NCC1CCCC(C(=O)O)C1. The minimum Gasteiger partial charge on any atom is -0.481 e. The number of aliphatic carboxylic acids is 1. The van der Waals surface area contributed by atoms with Crippen LogP contribution in [0.1, 0.15) is 56.1 Å². The maximum Gasteiger partial charge on any atom is 0.407 e. The maximum atomic E-state index is 12.4. The Kier molecular flexibility index (Phi) is 8.06. The van der Waals surface area contributed by atoms with Gasteiger partial charge < -0.3 is 20.5 Å². The van der Waals surface area contributed by atoms with E-state index < -0.39 is 12.1 Å². The molecule has 0 aromatic heterocycles. The number of carbonyl (C=O) groups is 3. The van der Waals surface area contributed by atoms with Crippen LogP contribution in [0.3, 0.4) is 0 Å². The van der Waals surface area contributed by atoms with Crippen LogP contribution in [-0.4, -0.2) is 42.8 Å². The molecule has 7 nitrogen and oxygen atoms in total. The van der Waals surface area contributed by atoms with Crippen molar-refractivity contribution < 1.29 is 24.2 Å². The van der Waals surface area contributed by atoms with Gasteiger partial charge in [-0.2, -0.15) is 0 Å². The van der Waals surface area contributed by atoms with E-state index in [1.54, 1.807) is 0 Å². The fourth-order valence-corrected chi connectivity index (χ4v) is 5.29. The van der Waals surface area contributed by atoms with E-state index in [2.05, 4.69) is 34.9 Å². The molecule has 2 amide bonds. The van der Waals surface area contributed by atoms with Crippen LogP contribution >= 0.6 is 0 Å². The molecule has 2 aliphatic rings. The first-order chi connectivity index (χ1) is 16.9. The Morgan fingerprint density at radius 3 is 2.31 bits per heavy atom. The molecule has 0 heterocycles. The van der Waals surface area contributed by atoms with Crippen LogP contribution in [0.5, 0.6) is 0 Å². The van der Waals surface area contributed by atoms with Crippen molar-refractivity contribution in [3.63, 3.8) is 0 Å². The summed E-state index contributed by atoms with van der Waals surface area (Å²) in [6, 6.07) is 16.4. The molecule has 0 spiro atoms. The number of hydrogen-bond donors (Lipinski definition) is 3. The standard InChI is InChI=1S/C28H34N2O5/c1-18(26(31)30-16-19-7-6-8-20(15-19)27(32)33)13-14-29-28(34)35-17-25-23-11-4-2-9-21(23)22-10-3-5-12-24(22)25/h2-5,9-12,18-20,25H,6-8,13-17H2,1H3,(H,29,34)(H,30,31)(H,32,33). The first-order valence-corrected chi connectivity index (χ1v) is 12.5. The first-order valence-electron chi connectivity index (χ1n) is 12.5. The molecule has 186 valence electrons. The van der Waals surface area contributed by atoms with Crippen LogP contribution in [0, 0.1) is 17.8 Å². The summed E-state index contributed by atoms with van der Waals surface area (Å²) in [6.45, 7) is 2.94. The van der Waals surface area contributed by atoms with Crippen LogP contribution in [0.2, 0.25) is 0 Å². The van der Waals surface area contributed by atoms with Gasteiger partial charge in [-0.1, -0.05) is 61.9 Å². The summed E-state index contributed by atoms with van der Waals surface area (Å²) in [5.41, 5.74) is 4.70. The van der Waals surface area contributed by atoms with Crippen LogP contribution in [0.25, 0.3) is 11.1 Å². The third-order valence-corrected chi connectivity index (χ3v) is 7.33. The number of carboxylic acids is 1. The Labute approximate surface area is 206 Å². The first kappa shape index (κ1) is 24.8. The Balaban J connectivity index is 1.17. The Morgan fingerprint density at radius 2 is 1.66 bits per heavy atom. The van der Waals surface area contributed by atoms with Crippen LogP contribution in [-0.2, 0) is 14.3 Å². The van der Waals surface area contributed by atoms with E-state index >= 15 is 0 Å². The molecule has 1 saturated carbocycles. The summed E-state index contributed by atoms with van der Waals surface area (Å²) in [5, 5.41) is 14.9. The average molecular weight is 479 g/mol. The third-order valence-electron chi connectivity index (χ3n) is 7.33. The minimum atomic E-state index is -0.742. The van der Waals surface area contributed by atoms with Crippen molar-refractivity contribution in [2.45, 2.75) is 44.9 Å². The number of nitrogens with one attached hydrogen (secondary N) is 2. The van der Waals surface area contributed by atoms with Gasteiger partial charge in [-0.3, -0.25) is 9.59 Å². The molecule has 3 unspecified atom stereocenters. The number of carbonyl (C=O) groups excluding carboxylic acids is 2. The highest BCUT2D eigenvalue weighted by Gasteiger charge is 2.29. The van der Waals surface area contributed by atoms with Crippen molar-refractivity contribution in [3.8, 4) is 11.1 Å². The molecule has 0 radical (unpaired) electrons. The molecule has 2 aromatic rings. The zero-order valence-electron chi connectivity index (χ0n) is 20.2. The van der Waals surface area contributed by atoms with Gasteiger partial charge in [0.1, 0.15) is 6.61 Å². The number of fused-ring (bicyclic) bond motifs is 3. The summed E-state index contributed by atoms with van der Waals surface area (Å²) >= 11 is 0. The highest BCUT2D eigenvalue weighted by molar-refractivity contribution is 5.79. The molecule has 7 heteroatoms. The van der Waals surface area contributed by atoms with E-state index in [-0.39, 0.29) is 36.2 Å². The molecule has 3 atom stereocenters. The topological polar surface area (TPSA) is 105 Å². The second-order valence-electron chi connectivity index (χ2n) is 9.75. The predicted octanol–water partition coefficient (Wildman–Crippen LogP) is 4.56. The van der Waals surface area contributed by atoms with Crippen molar-refractivity contribution >= 4 is 18.0 Å². The zero-order chi connectivity index (χ0) is 24.8. The van der Waals surface area contributed by atoms with Crippen LogP contribution in [0.4, 0.5) is 4.79 Å². The minimum absolute atomic E-state index is 0.0124. The van der Waals surface area contributed by atoms with Gasteiger partial charge in [-0.05, 0) is 53.9 Å². The second-order valence-corrected chi connectivity index (χ2v) is 9.75. The predicted molar refractivity (Wildman–Crippen MR) is 133 cm³/mol. The van der Waals surface area contributed by atoms with Gasteiger partial charge in [0.25, 0.3) is 0 Å². The van der Waals surface area contributed by atoms with Gasteiger partial charge in [-0.15, -0.1) is 0 Å². The lowest BCUT2D eigenvalue weighted by Crippen LogP contribution is -2.37. The molecule has 3 N–H and O–H groups in total. The van der Waals surface area contributed by atoms with E-state index in [1.165, 1.54) is 22.3 Å². The lowest BCUT2D eigenvalue weighted by Gasteiger charge is -2.27. The monoisotopic (exact) mass is 478 g/mol. The van der Waals surface area contributed by atoms with Crippen LogP contribution in [0.15, 0.2) is 48.5 Å². The fourth-order valence-electron chi connectivity index (χ4n) is 5.29. The summed E-state index contributed by atoms with van der Waals surface area (Å²) in [4.78, 5) is 36.0. The number of benzene rings is 2. The van der Waals surface area contributed by atoms with Gasteiger partial charge in [0, 0.05) is 24.9 Å². The highest BCUT2D eigenvalue weighted by atomic mass is 16.5. The van der Waals surface area contributed by atoms with Gasteiger partial charge in [0.15, 0.2) is 0 Å². The molecular weight excluding hydrogens is 444 g/mol. The van der Waals surface area contributed by atoms with E-state index in [9.17, 15) is 19.5 Å². The van der Waals surface area contributed by atoms with Gasteiger partial charge >= 0.3 is 12.1 Å². The largest absolute Gasteiger partial charge is 0.481 e. The lowest BCUT2D eigenvalue weighted by molar-refractivity contribution is -0.143.